The van der Waals surface area contributed by atoms with Gasteiger partial charge in [0.2, 0.25) is 0 Å². The molecule has 76 valence electrons. The first-order valence-electron chi connectivity index (χ1n) is 4.84. The van der Waals surface area contributed by atoms with E-state index in [1.807, 2.05) is 6.07 Å². The van der Waals surface area contributed by atoms with E-state index in [0.29, 0.717) is 10.0 Å². The van der Waals surface area contributed by atoms with Gasteiger partial charge in [0.05, 0.1) is 10.1 Å². The van der Waals surface area contributed by atoms with Gasteiger partial charge in [0.1, 0.15) is 5.75 Å². The fraction of sp³-hybridized carbons (Fsp3) is 0.455. The molecule has 0 radical (unpaired) electrons. The summed E-state index contributed by atoms with van der Waals surface area (Å²) in [6.07, 6.45) is 3.55. The summed E-state index contributed by atoms with van der Waals surface area (Å²) < 4.78 is 0.648. The number of phenols is 1. The molecule has 0 unspecified atom stereocenters. The lowest BCUT2D eigenvalue weighted by molar-refractivity contribution is 0.0420. The third kappa shape index (κ3) is 1.55. The predicted octanol–water partition coefficient (Wildman–Crippen LogP) is 2.92. The zero-order valence-corrected chi connectivity index (χ0v) is 9.42. The average molecular weight is 257 g/mol. The lowest BCUT2D eigenvalue weighted by Gasteiger charge is -2.23. The molecule has 2 rings (SSSR count). The number of halogens is 1. The minimum Gasteiger partial charge on any atom is -0.506 e. The molecule has 1 aliphatic rings. The highest BCUT2D eigenvalue weighted by molar-refractivity contribution is 9.10. The number of benzene rings is 1. The van der Waals surface area contributed by atoms with Gasteiger partial charge in [-0.2, -0.15) is 0 Å². The average Bonchev–Trinajstić information content (AvgIpc) is 2.58. The van der Waals surface area contributed by atoms with E-state index in [1.54, 1.807) is 12.1 Å². The monoisotopic (exact) mass is 256 g/mol. The molecule has 1 aromatic rings. The third-order valence-electron chi connectivity index (χ3n) is 2.92. The summed E-state index contributed by atoms with van der Waals surface area (Å²) in [5, 5.41) is 20.1. The third-order valence-corrected chi connectivity index (χ3v) is 3.56. The quantitative estimate of drug-likeness (QED) is 0.812. The molecule has 0 amide bonds. The van der Waals surface area contributed by atoms with Crippen molar-refractivity contribution in [2.75, 3.05) is 0 Å². The van der Waals surface area contributed by atoms with Crippen molar-refractivity contribution in [3.8, 4) is 5.75 Å². The van der Waals surface area contributed by atoms with E-state index in [2.05, 4.69) is 15.9 Å². The molecule has 14 heavy (non-hydrogen) atoms. The van der Waals surface area contributed by atoms with Gasteiger partial charge >= 0.3 is 0 Å². The van der Waals surface area contributed by atoms with Crippen LogP contribution in [-0.4, -0.2) is 10.2 Å². The Morgan fingerprint density at radius 3 is 2.50 bits per heavy atom. The normalized spacial score (nSPS) is 19.9. The molecule has 0 spiro atoms. The molecular formula is C11H13BrO2. The Hall–Kier alpha value is -0.540. The van der Waals surface area contributed by atoms with E-state index in [4.69, 9.17) is 0 Å². The molecule has 0 aromatic heterocycles. The molecule has 0 saturated heterocycles. The molecule has 2 nitrogen and oxygen atoms in total. The Labute approximate surface area is 91.7 Å². The number of aromatic hydroxyl groups is 1. The molecule has 3 heteroatoms. The van der Waals surface area contributed by atoms with Crippen molar-refractivity contribution in [1.82, 2.24) is 0 Å². The maximum Gasteiger partial charge on any atom is 0.135 e. The highest BCUT2D eigenvalue weighted by Crippen LogP contribution is 2.44. The van der Waals surface area contributed by atoms with Crippen LogP contribution in [0, 0.1) is 0 Å². The van der Waals surface area contributed by atoms with Gasteiger partial charge < -0.3 is 10.2 Å². The maximum atomic E-state index is 10.3. The van der Waals surface area contributed by atoms with E-state index in [9.17, 15) is 10.2 Å². The van der Waals surface area contributed by atoms with Gasteiger partial charge in [0, 0.05) is 5.56 Å². The summed E-state index contributed by atoms with van der Waals surface area (Å²) in [5.41, 5.74) is -0.155. The first-order chi connectivity index (χ1) is 6.63. The van der Waals surface area contributed by atoms with Gasteiger partial charge in [-0.25, -0.2) is 0 Å². The van der Waals surface area contributed by atoms with Crippen molar-refractivity contribution >= 4 is 15.9 Å². The topological polar surface area (TPSA) is 40.5 Å². The largest absolute Gasteiger partial charge is 0.506 e. The maximum absolute atomic E-state index is 10.3. The Morgan fingerprint density at radius 2 is 1.86 bits per heavy atom. The van der Waals surface area contributed by atoms with Crippen molar-refractivity contribution in [3.05, 3.63) is 28.2 Å². The summed E-state index contributed by atoms with van der Waals surface area (Å²) in [4.78, 5) is 0. The van der Waals surface area contributed by atoms with E-state index in [-0.39, 0.29) is 5.75 Å². The molecule has 1 aromatic carbocycles. The Kier molecular flexibility index (Phi) is 2.54. The number of para-hydroxylation sites is 1. The summed E-state index contributed by atoms with van der Waals surface area (Å²) in [6.45, 7) is 0. The highest BCUT2D eigenvalue weighted by atomic mass is 79.9. The molecule has 0 bridgehead atoms. The van der Waals surface area contributed by atoms with Crippen LogP contribution in [0.4, 0.5) is 0 Å². The Bertz CT molecular complexity index is 343. The zero-order chi connectivity index (χ0) is 10.2. The number of phenolic OH excluding ortho intramolecular Hbond substituents is 1. The van der Waals surface area contributed by atoms with E-state index in [1.165, 1.54) is 0 Å². The molecule has 1 aliphatic carbocycles. The number of hydrogen-bond donors (Lipinski definition) is 2. The fourth-order valence-corrected chi connectivity index (χ4v) is 2.49. The van der Waals surface area contributed by atoms with Crippen molar-refractivity contribution in [1.29, 1.82) is 0 Å². The van der Waals surface area contributed by atoms with Crippen LogP contribution >= 0.6 is 15.9 Å². The van der Waals surface area contributed by atoms with Gasteiger partial charge in [-0.15, -0.1) is 0 Å². The van der Waals surface area contributed by atoms with Crippen molar-refractivity contribution in [2.45, 2.75) is 31.3 Å². The lowest BCUT2D eigenvalue weighted by Crippen LogP contribution is -2.20. The van der Waals surface area contributed by atoms with Crippen molar-refractivity contribution in [2.24, 2.45) is 0 Å². The summed E-state index contributed by atoms with van der Waals surface area (Å²) in [6, 6.07) is 5.41. The predicted molar refractivity (Wildman–Crippen MR) is 58.2 cm³/mol. The first kappa shape index (κ1) is 9.99. The van der Waals surface area contributed by atoms with Crippen LogP contribution in [0.5, 0.6) is 5.75 Å². The lowest BCUT2D eigenvalue weighted by atomic mass is 9.91. The second kappa shape index (κ2) is 3.55. The van der Waals surface area contributed by atoms with Gasteiger partial charge in [0.25, 0.3) is 0 Å². The second-order valence-corrected chi connectivity index (χ2v) is 4.73. The van der Waals surface area contributed by atoms with Crippen LogP contribution in [0.15, 0.2) is 22.7 Å². The Balaban J connectivity index is 2.45. The van der Waals surface area contributed by atoms with Gasteiger partial charge in [-0.1, -0.05) is 25.0 Å². The van der Waals surface area contributed by atoms with Crippen molar-refractivity contribution < 1.29 is 10.2 Å². The van der Waals surface area contributed by atoms with Crippen LogP contribution in [-0.2, 0) is 5.60 Å². The van der Waals surface area contributed by atoms with E-state index < -0.39 is 5.60 Å². The number of hydrogen-bond acceptors (Lipinski definition) is 2. The van der Waals surface area contributed by atoms with Crippen molar-refractivity contribution in [3.63, 3.8) is 0 Å². The van der Waals surface area contributed by atoms with Crippen LogP contribution in [0.3, 0.4) is 0 Å². The summed E-state index contributed by atoms with van der Waals surface area (Å²) >= 11 is 3.26. The van der Waals surface area contributed by atoms with Crippen LogP contribution in [0.25, 0.3) is 0 Å². The molecular weight excluding hydrogens is 244 g/mol. The fourth-order valence-electron chi connectivity index (χ4n) is 2.12. The number of aliphatic hydroxyl groups is 1. The molecule has 2 N–H and O–H groups in total. The number of rotatable bonds is 1. The summed E-state index contributed by atoms with van der Waals surface area (Å²) in [5.74, 6) is 0.178. The molecule has 0 heterocycles. The van der Waals surface area contributed by atoms with Crippen LogP contribution in [0.2, 0.25) is 0 Å². The summed E-state index contributed by atoms with van der Waals surface area (Å²) in [7, 11) is 0. The minimum absolute atomic E-state index is 0.178. The van der Waals surface area contributed by atoms with Gasteiger partial charge in [-0.05, 0) is 34.8 Å². The highest BCUT2D eigenvalue weighted by Gasteiger charge is 2.35. The molecule has 1 saturated carbocycles. The minimum atomic E-state index is -0.812. The van der Waals surface area contributed by atoms with Crippen LogP contribution < -0.4 is 0 Å². The van der Waals surface area contributed by atoms with Crippen LogP contribution in [0.1, 0.15) is 31.2 Å². The first-order valence-corrected chi connectivity index (χ1v) is 5.63. The Morgan fingerprint density at radius 1 is 1.21 bits per heavy atom. The molecule has 0 aliphatic heterocycles. The molecule has 0 atom stereocenters. The smallest absolute Gasteiger partial charge is 0.135 e. The molecule has 1 fully saturated rings. The van der Waals surface area contributed by atoms with E-state index >= 15 is 0 Å². The van der Waals surface area contributed by atoms with E-state index in [0.717, 1.165) is 25.7 Å². The van der Waals surface area contributed by atoms with Gasteiger partial charge in [0.15, 0.2) is 0 Å². The SMILES string of the molecule is Oc1c(Br)cccc1C1(O)CCCC1. The zero-order valence-electron chi connectivity index (χ0n) is 7.83. The second-order valence-electron chi connectivity index (χ2n) is 3.87. The standard InChI is InChI=1S/C11H13BrO2/c12-9-5-3-4-8(10(9)13)11(14)6-1-2-7-11/h3-5,13-14H,1-2,6-7H2. The van der Waals surface area contributed by atoms with Gasteiger partial charge in [-0.3, -0.25) is 0 Å².